The lowest BCUT2D eigenvalue weighted by Crippen LogP contribution is -2.15. The Hall–Kier alpha value is -1.84. The molecule has 0 amide bonds. The first-order valence-corrected chi connectivity index (χ1v) is 7.66. The zero-order chi connectivity index (χ0) is 15.6. The minimum Gasteiger partial charge on any atom is -0.478 e. The molecule has 0 saturated heterocycles. The van der Waals surface area contributed by atoms with E-state index in [-0.39, 0.29) is 0 Å². The van der Waals surface area contributed by atoms with Crippen molar-refractivity contribution in [3.8, 4) is 0 Å². The molecule has 2 rings (SSSR count). The van der Waals surface area contributed by atoms with E-state index in [0.29, 0.717) is 17.4 Å². The molecule has 4 heteroatoms. The summed E-state index contributed by atoms with van der Waals surface area (Å²) in [6.07, 6.45) is 1.95. The van der Waals surface area contributed by atoms with Crippen molar-refractivity contribution in [1.29, 1.82) is 0 Å². The highest BCUT2D eigenvalue weighted by Crippen LogP contribution is 2.22. The predicted octanol–water partition coefficient (Wildman–Crippen LogP) is 3.98. The summed E-state index contributed by atoms with van der Waals surface area (Å²) in [4.78, 5) is 15.8. The topological polar surface area (TPSA) is 55.1 Å². The van der Waals surface area contributed by atoms with Gasteiger partial charge in [0.15, 0.2) is 0 Å². The van der Waals surface area contributed by atoms with E-state index in [1.54, 1.807) is 12.1 Å². The highest BCUT2D eigenvalue weighted by molar-refractivity contribution is 5.92. The SMILES string of the molecule is CCCc1nc2cc(C(=O)O)ccc2n1CC(C)C(C)C. The van der Waals surface area contributed by atoms with Crippen molar-refractivity contribution in [2.24, 2.45) is 11.8 Å². The molecule has 21 heavy (non-hydrogen) atoms. The first-order chi connectivity index (χ1) is 9.93. The summed E-state index contributed by atoms with van der Waals surface area (Å²) in [5.41, 5.74) is 2.12. The van der Waals surface area contributed by atoms with Gasteiger partial charge in [-0.25, -0.2) is 9.78 Å². The molecule has 4 nitrogen and oxygen atoms in total. The molecule has 0 aliphatic carbocycles. The third kappa shape index (κ3) is 3.26. The Morgan fingerprint density at radius 1 is 1.33 bits per heavy atom. The number of hydrogen-bond acceptors (Lipinski definition) is 2. The number of imidazole rings is 1. The average Bonchev–Trinajstić information content (AvgIpc) is 2.76. The van der Waals surface area contributed by atoms with Crippen molar-refractivity contribution in [3.05, 3.63) is 29.6 Å². The largest absolute Gasteiger partial charge is 0.478 e. The van der Waals surface area contributed by atoms with Crippen LogP contribution in [0.2, 0.25) is 0 Å². The third-order valence-electron chi connectivity index (χ3n) is 4.16. The molecule has 0 spiro atoms. The molecule has 0 aliphatic heterocycles. The van der Waals surface area contributed by atoms with E-state index >= 15 is 0 Å². The van der Waals surface area contributed by atoms with E-state index in [2.05, 4.69) is 37.2 Å². The van der Waals surface area contributed by atoms with Crippen LogP contribution in [-0.4, -0.2) is 20.6 Å². The third-order valence-corrected chi connectivity index (χ3v) is 4.16. The number of benzene rings is 1. The van der Waals surface area contributed by atoms with Crippen LogP contribution in [0, 0.1) is 11.8 Å². The van der Waals surface area contributed by atoms with Gasteiger partial charge in [0.1, 0.15) is 5.82 Å². The number of aromatic carboxylic acids is 1. The molecule has 0 aliphatic rings. The number of aryl methyl sites for hydroxylation is 1. The second-order valence-electron chi connectivity index (χ2n) is 6.12. The highest BCUT2D eigenvalue weighted by Gasteiger charge is 2.16. The maximum atomic E-state index is 11.1. The maximum absolute atomic E-state index is 11.1. The van der Waals surface area contributed by atoms with Gasteiger partial charge >= 0.3 is 5.97 Å². The first kappa shape index (κ1) is 15.5. The van der Waals surface area contributed by atoms with Crippen molar-refractivity contribution < 1.29 is 9.90 Å². The molecule has 0 bridgehead atoms. The monoisotopic (exact) mass is 288 g/mol. The standard InChI is InChI=1S/C17H24N2O2/c1-5-6-16-18-14-9-13(17(20)21)7-8-15(14)19(16)10-12(4)11(2)3/h7-9,11-12H,5-6,10H2,1-4H3,(H,20,21). The molecule has 1 aromatic heterocycles. The number of nitrogens with zero attached hydrogens (tertiary/aromatic N) is 2. The summed E-state index contributed by atoms with van der Waals surface area (Å²) in [6, 6.07) is 5.23. The molecule has 2 aromatic rings. The summed E-state index contributed by atoms with van der Waals surface area (Å²) in [6.45, 7) is 9.77. The van der Waals surface area contributed by atoms with Gasteiger partial charge in [0.2, 0.25) is 0 Å². The van der Waals surface area contributed by atoms with Crippen LogP contribution < -0.4 is 0 Å². The van der Waals surface area contributed by atoms with Crippen LogP contribution in [0.5, 0.6) is 0 Å². The number of fused-ring (bicyclic) bond motifs is 1. The molecule has 1 aromatic carbocycles. The van der Waals surface area contributed by atoms with E-state index < -0.39 is 5.97 Å². The minimum atomic E-state index is -0.904. The van der Waals surface area contributed by atoms with Crippen LogP contribution in [0.4, 0.5) is 0 Å². The Morgan fingerprint density at radius 3 is 2.62 bits per heavy atom. The van der Waals surface area contributed by atoms with Crippen molar-refractivity contribution in [2.75, 3.05) is 0 Å². The van der Waals surface area contributed by atoms with E-state index in [1.807, 2.05) is 6.07 Å². The van der Waals surface area contributed by atoms with E-state index in [4.69, 9.17) is 5.11 Å². The second kappa shape index (κ2) is 6.29. The van der Waals surface area contributed by atoms with Crippen molar-refractivity contribution >= 4 is 17.0 Å². The smallest absolute Gasteiger partial charge is 0.335 e. The van der Waals surface area contributed by atoms with Crippen LogP contribution in [-0.2, 0) is 13.0 Å². The van der Waals surface area contributed by atoms with E-state index in [9.17, 15) is 4.79 Å². The summed E-state index contributed by atoms with van der Waals surface area (Å²) >= 11 is 0. The Kier molecular flexibility index (Phi) is 4.66. The summed E-state index contributed by atoms with van der Waals surface area (Å²) in [5, 5.41) is 9.11. The summed E-state index contributed by atoms with van der Waals surface area (Å²) < 4.78 is 2.26. The molecule has 1 unspecified atom stereocenters. The van der Waals surface area contributed by atoms with Gasteiger partial charge < -0.3 is 9.67 Å². The van der Waals surface area contributed by atoms with E-state index in [1.165, 1.54) is 0 Å². The predicted molar refractivity (Wildman–Crippen MR) is 84.7 cm³/mol. The number of carbonyl (C=O) groups is 1. The number of hydrogen-bond donors (Lipinski definition) is 1. The fourth-order valence-corrected chi connectivity index (χ4v) is 2.43. The fourth-order valence-electron chi connectivity index (χ4n) is 2.43. The lowest BCUT2D eigenvalue weighted by molar-refractivity contribution is 0.0697. The summed E-state index contributed by atoms with van der Waals surface area (Å²) in [5.74, 6) is 1.31. The zero-order valence-electron chi connectivity index (χ0n) is 13.3. The Balaban J connectivity index is 2.49. The van der Waals surface area contributed by atoms with Gasteiger partial charge in [-0.3, -0.25) is 0 Å². The first-order valence-electron chi connectivity index (χ1n) is 7.66. The Morgan fingerprint density at radius 2 is 2.05 bits per heavy atom. The van der Waals surface area contributed by atoms with Crippen LogP contribution in [0.3, 0.4) is 0 Å². The number of carboxylic acid groups (broad SMARTS) is 1. The Labute approximate surface area is 125 Å². The van der Waals surface area contributed by atoms with Crippen molar-refractivity contribution in [3.63, 3.8) is 0 Å². The van der Waals surface area contributed by atoms with Crippen LogP contribution >= 0.6 is 0 Å². The molecule has 0 saturated carbocycles. The van der Waals surface area contributed by atoms with Crippen LogP contribution in [0.25, 0.3) is 11.0 Å². The molecule has 1 heterocycles. The normalized spacial score (nSPS) is 13.0. The second-order valence-corrected chi connectivity index (χ2v) is 6.12. The van der Waals surface area contributed by atoms with Crippen LogP contribution in [0.1, 0.15) is 50.3 Å². The van der Waals surface area contributed by atoms with Gasteiger partial charge in [-0.05, 0) is 36.5 Å². The summed E-state index contributed by atoms with van der Waals surface area (Å²) in [7, 11) is 0. The number of carboxylic acids is 1. The molecular weight excluding hydrogens is 264 g/mol. The molecule has 114 valence electrons. The molecule has 1 N–H and O–H groups in total. The van der Waals surface area contributed by atoms with Gasteiger partial charge in [0.05, 0.1) is 16.6 Å². The van der Waals surface area contributed by atoms with Gasteiger partial charge in [-0.15, -0.1) is 0 Å². The van der Waals surface area contributed by atoms with Crippen molar-refractivity contribution in [2.45, 2.75) is 47.1 Å². The van der Waals surface area contributed by atoms with Gasteiger partial charge in [0.25, 0.3) is 0 Å². The van der Waals surface area contributed by atoms with Gasteiger partial charge in [0, 0.05) is 13.0 Å². The van der Waals surface area contributed by atoms with E-state index in [0.717, 1.165) is 36.2 Å². The average molecular weight is 288 g/mol. The number of aromatic nitrogens is 2. The molecule has 0 radical (unpaired) electrons. The minimum absolute atomic E-state index is 0.298. The molecule has 0 fully saturated rings. The lowest BCUT2D eigenvalue weighted by atomic mass is 9.98. The van der Waals surface area contributed by atoms with Crippen LogP contribution in [0.15, 0.2) is 18.2 Å². The van der Waals surface area contributed by atoms with Crippen molar-refractivity contribution in [1.82, 2.24) is 9.55 Å². The maximum Gasteiger partial charge on any atom is 0.335 e. The molecular formula is C17H24N2O2. The highest BCUT2D eigenvalue weighted by atomic mass is 16.4. The van der Waals surface area contributed by atoms with Gasteiger partial charge in [-0.1, -0.05) is 27.7 Å². The molecule has 1 atom stereocenters. The quantitative estimate of drug-likeness (QED) is 0.874. The zero-order valence-corrected chi connectivity index (χ0v) is 13.3. The van der Waals surface area contributed by atoms with Gasteiger partial charge in [-0.2, -0.15) is 0 Å². The fraction of sp³-hybridized carbons (Fsp3) is 0.529. The number of rotatable bonds is 6. The lowest BCUT2D eigenvalue weighted by Gasteiger charge is -2.18. The Bertz CT molecular complexity index is 644.